The van der Waals surface area contributed by atoms with Gasteiger partial charge in [0.25, 0.3) is 0 Å². The minimum atomic E-state index is -0.495. The zero-order chi connectivity index (χ0) is 24.2. The number of aromatic amines is 1. The zero-order valence-corrected chi connectivity index (χ0v) is 19.0. The van der Waals surface area contributed by atoms with Crippen LogP contribution in [0.5, 0.6) is 11.5 Å². The van der Waals surface area contributed by atoms with Crippen LogP contribution in [0.15, 0.2) is 76.3 Å². The normalized spacial score (nSPS) is 10.8. The summed E-state index contributed by atoms with van der Waals surface area (Å²) >= 11 is 0. The predicted octanol–water partition coefficient (Wildman–Crippen LogP) is 4.69. The first-order valence-corrected chi connectivity index (χ1v) is 10.8. The molecule has 176 valence electrons. The molecule has 5 rings (SSSR count). The van der Waals surface area contributed by atoms with E-state index < -0.39 is 5.76 Å². The number of benzene rings is 2. The van der Waals surface area contributed by atoms with Crippen LogP contribution in [-0.2, 0) is 6.61 Å². The Morgan fingerprint density at radius 1 is 1.00 bits per heavy atom. The summed E-state index contributed by atoms with van der Waals surface area (Å²) < 4.78 is 16.5. The molecule has 3 N–H and O–H groups in total. The summed E-state index contributed by atoms with van der Waals surface area (Å²) in [5.41, 5.74) is 4.43. The average molecular weight is 470 g/mol. The number of nitrogens with zero attached hydrogens (tertiary/aromatic N) is 3. The van der Waals surface area contributed by atoms with Crippen LogP contribution in [-0.4, -0.2) is 27.0 Å². The SMILES string of the molecule is COc1ccc(Nc2ncc(C)c(Nc3ccc4oc(=O)[nH]c4c3)n2)cc1OCc1ccncc1. The van der Waals surface area contributed by atoms with E-state index in [-0.39, 0.29) is 0 Å². The highest BCUT2D eigenvalue weighted by molar-refractivity contribution is 5.78. The maximum absolute atomic E-state index is 11.4. The van der Waals surface area contributed by atoms with Crippen LogP contribution in [0.25, 0.3) is 11.1 Å². The molecule has 0 amide bonds. The number of hydrogen-bond acceptors (Lipinski definition) is 9. The fraction of sp³-hybridized carbons (Fsp3) is 0.120. The number of nitrogens with one attached hydrogen (secondary N) is 3. The third-order valence-electron chi connectivity index (χ3n) is 5.22. The van der Waals surface area contributed by atoms with Crippen LogP contribution >= 0.6 is 0 Å². The standard InChI is InChI=1S/C25H22N6O4/c1-15-13-27-24(31-23(15)28-17-3-5-20-19(11-17)30-25(32)35-20)29-18-4-6-21(33-2)22(12-18)34-14-16-7-9-26-10-8-16/h3-13H,14H2,1-2H3,(H,30,32)(H2,27,28,29,31). The second-order valence-electron chi connectivity index (χ2n) is 7.71. The molecule has 0 radical (unpaired) electrons. The van der Waals surface area contributed by atoms with E-state index in [2.05, 4.69) is 30.6 Å². The highest BCUT2D eigenvalue weighted by Crippen LogP contribution is 2.32. The van der Waals surface area contributed by atoms with Gasteiger partial charge in [0, 0.05) is 41.6 Å². The lowest BCUT2D eigenvalue weighted by Gasteiger charge is -2.14. The lowest BCUT2D eigenvalue weighted by molar-refractivity contribution is 0.284. The summed E-state index contributed by atoms with van der Waals surface area (Å²) in [5.74, 6) is 1.73. The van der Waals surface area contributed by atoms with Gasteiger partial charge in [-0.05, 0) is 55.0 Å². The molecule has 5 aromatic rings. The van der Waals surface area contributed by atoms with Gasteiger partial charge in [-0.3, -0.25) is 9.97 Å². The van der Waals surface area contributed by atoms with Crippen LogP contribution in [0, 0.1) is 6.92 Å². The molecule has 0 atom stereocenters. The third-order valence-corrected chi connectivity index (χ3v) is 5.22. The average Bonchev–Trinajstić information content (AvgIpc) is 3.25. The van der Waals surface area contributed by atoms with Gasteiger partial charge in [0.2, 0.25) is 5.95 Å². The highest BCUT2D eigenvalue weighted by atomic mass is 16.5. The second kappa shape index (κ2) is 9.56. The van der Waals surface area contributed by atoms with E-state index in [0.29, 0.717) is 41.0 Å². The molecule has 0 unspecified atom stereocenters. The van der Waals surface area contributed by atoms with Crippen molar-refractivity contribution >= 4 is 34.2 Å². The van der Waals surface area contributed by atoms with E-state index in [1.807, 2.05) is 43.3 Å². The molecule has 35 heavy (non-hydrogen) atoms. The van der Waals surface area contributed by atoms with Crippen molar-refractivity contribution in [1.29, 1.82) is 0 Å². The monoisotopic (exact) mass is 470 g/mol. The number of pyridine rings is 1. The van der Waals surface area contributed by atoms with Crippen molar-refractivity contribution in [2.75, 3.05) is 17.7 Å². The Balaban J connectivity index is 1.34. The Labute approximate surface area is 200 Å². The number of anilines is 4. The van der Waals surface area contributed by atoms with E-state index in [0.717, 1.165) is 22.5 Å². The van der Waals surface area contributed by atoms with E-state index in [4.69, 9.17) is 13.9 Å². The van der Waals surface area contributed by atoms with Crippen molar-refractivity contribution in [3.05, 3.63) is 88.8 Å². The lowest BCUT2D eigenvalue weighted by atomic mass is 10.2. The van der Waals surface area contributed by atoms with Gasteiger partial charge in [-0.2, -0.15) is 4.98 Å². The number of oxazole rings is 1. The molecule has 0 aliphatic heterocycles. The number of aromatic nitrogens is 4. The summed E-state index contributed by atoms with van der Waals surface area (Å²) in [6.45, 7) is 2.28. The first-order valence-electron chi connectivity index (χ1n) is 10.8. The van der Waals surface area contributed by atoms with E-state index in [1.165, 1.54) is 0 Å². The maximum atomic E-state index is 11.4. The van der Waals surface area contributed by atoms with Crippen LogP contribution in [0.2, 0.25) is 0 Å². The molecule has 0 fully saturated rings. The predicted molar refractivity (Wildman–Crippen MR) is 132 cm³/mol. The molecular weight excluding hydrogens is 448 g/mol. The third kappa shape index (κ3) is 5.06. The van der Waals surface area contributed by atoms with Crippen LogP contribution in [0.1, 0.15) is 11.1 Å². The fourth-order valence-electron chi connectivity index (χ4n) is 3.43. The molecule has 3 heterocycles. The summed E-state index contributed by atoms with van der Waals surface area (Å²) in [5, 5.41) is 6.47. The van der Waals surface area contributed by atoms with Gasteiger partial charge in [0.1, 0.15) is 12.4 Å². The molecular formula is C25H22N6O4. The largest absolute Gasteiger partial charge is 0.493 e. The molecule has 3 aromatic heterocycles. The molecule has 2 aromatic carbocycles. The number of H-pyrrole nitrogens is 1. The summed E-state index contributed by atoms with van der Waals surface area (Å²) in [7, 11) is 1.60. The van der Waals surface area contributed by atoms with Crippen molar-refractivity contribution in [3.63, 3.8) is 0 Å². The van der Waals surface area contributed by atoms with Gasteiger partial charge >= 0.3 is 5.76 Å². The maximum Gasteiger partial charge on any atom is 0.417 e. The summed E-state index contributed by atoms with van der Waals surface area (Å²) in [6, 6.07) is 14.6. The molecule has 0 spiro atoms. The highest BCUT2D eigenvalue weighted by Gasteiger charge is 2.10. The van der Waals surface area contributed by atoms with Gasteiger partial charge in [-0.25, -0.2) is 9.78 Å². The number of aryl methyl sites for hydroxylation is 1. The fourth-order valence-corrected chi connectivity index (χ4v) is 3.43. The number of hydrogen-bond donors (Lipinski definition) is 3. The Morgan fingerprint density at radius 3 is 2.63 bits per heavy atom. The lowest BCUT2D eigenvalue weighted by Crippen LogP contribution is -2.03. The Morgan fingerprint density at radius 2 is 1.80 bits per heavy atom. The minimum Gasteiger partial charge on any atom is -0.493 e. The zero-order valence-electron chi connectivity index (χ0n) is 19.0. The Kier molecular flexibility index (Phi) is 6.00. The molecule has 10 nitrogen and oxygen atoms in total. The summed E-state index contributed by atoms with van der Waals surface area (Å²) in [4.78, 5) is 27.1. The van der Waals surface area contributed by atoms with Crippen molar-refractivity contribution < 1.29 is 13.9 Å². The molecule has 10 heteroatoms. The van der Waals surface area contributed by atoms with Crippen LogP contribution in [0.3, 0.4) is 0 Å². The molecule has 0 bridgehead atoms. The van der Waals surface area contributed by atoms with Crippen molar-refractivity contribution in [1.82, 2.24) is 19.9 Å². The van der Waals surface area contributed by atoms with Gasteiger partial charge in [-0.15, -0.1) is 0 Å². The molecule has 0 aliphatic rings. The van der Waals surface area contributed by atoms with E-state index >= 15 is 0 Å². The van der Waals surface area contributed by atoms with Crippen LogP contribution in [0.4, 0.5) is 23.1 Å². The number of fused-ring (bicyclic) bond motifs is 1. The van der Waals surface area contributed by atoms with E-state index in [9.17, 15) is 4.79 Å². The first-order chi connectivity index (χ1) is 17.1. The molecule has 0 saturated carbocycles. The Hall–Kier alpha value is -4.86. The smallest absolute Gasteiger partial charge is 0.417 e. The first kappa shape index (κ1) is 22.0. The van der Waals surface area contributed by atoms with Gasteiger partial charge in [0.15, 0.2) is 17.1 Å². The molecule has 0 aliphatic carbocycles. The van der Waals surface area contributed by atoms with Gasteiger partial charge in [-0.1, -0.05) is 0 Å². The van der Waals surface area contributed by atoms with Gasteiger partial charge in [0.05, 0.1) is 12.6 Å². The van der Waals surface area contributed by atoms with Crippen molar-refractivity contribution in [2.45, 2.75) is 13.5 Å². The number of methoxy groups -OCH3 is 1. The topological polar surface area (TPSA) is 127 Å². The number of rotatable bonds is 8. The van der Waals surface area contributed by atoms with Gasteiger partial charge < -0.3 is 24.5 Å². The second-order valence-corrected chi connectivity index (χ2v) is 7.71. The quantitative estimate of drug-likeness (QED) is 0.296. The van der Waals surface area contributed by atoms with Crippen molar-refractivity contribution in [3.8, 4) is 11.5 Å². The Bertz CT molecular complexity index is 1530. The van der Waals surface area contributed by atoms with E-state index in [1.54, 1.807) is 37.8 Å². The molecule has 0 saturated heterocycles. The summed E-state index contributed by atoms with van der Waals surface area (Å²) in [6.07, 6.45) is 5.17. The van der Waals surface area contributed by atoms with Crippen molar-refractivity contribution in [2.24, 2.45) is 0 Å². The van der Waals surface area contributed by atoms with Crippen LogP contribution < -0.4 is 25.9 Å². The minimum absolute atomic E-state index is 0.379. The number of ether oxygens (including phenoxy) is 2.